The second-order valence-electron chi connectivity index (χ2n) is 4.82. The van der Waals surface area contributed by atoms with Crippen molar-refractivity contribution in [1.29, 1.82) is 0 Å². The number of ether oxygens (including phenoxy) is 1. The second-order valence-corrected chi connectivity index (χ2v) is 6.50. The van der Waals surface area contributed by atoms with E-state index in [1.807, 2.05) is 6.92 Å². The molecule has 0 radical (unpaired) electrons. The molecule has 0 bridgehead atoms. The Bertz CT molecular complexity index is 503. The van der Waals surface area contributed by atoms with Crippen LogP contribution in [0.3, 0.4) is 0 Å². The van der Waals surface area contributed by atoms with E-state index in [1.165, 1.54) is 24.3 Å². The number of hydrogen-bond donors (Lipinski definition) is 2. The number of aromatic hydroxyl groups is 1. The first kappa shape index (κ1) is 13.3. The predicted octanol–water partition coefficient (Wildman–Crippen LogP) is 1.24. The quantitative estimate of drug-likeness (QED) is 0.867. The maximum Gasteiger partial charge on any atom is 0.241 e. The number of phenolic OH excluding ortho intramolecular Hbond substituents is 1. The molecule has 1 atom stereocenters. The molecule has 1 aromatic carbocycles. The summed E-state index contributed by atoms with van der Waals surface area (Å²) in [5, 5.41) is 9.16. The van der Waals surface area contributed by atoms with Gasteiger partial charge in [-0.2, -0.15) is 0 Å². The maximum atomic E-state index is 12.2. The van der Waals surface area contributed by atoms with E-state index < -0.39 is 15.6 Å². The van der Waals surface area contributed by atoms with Crippen LogP contribution in [0, 0.1) is 0 Å². The van der Waals surface area contributed by atoms with Crippen molar-refractivity contribution in [2.24, 2.45) is 0 Å². The molecule has 1 aromatic rings. The minimum absolute atomic E-state index is 0.0427. The summed E-state index contributed by atoms with van der Waals surface area (Å²) in [5.41, 5.74) is -0.561. The molecule has 0 saturated carbocycles. The molecule has 1 fully saturated rings. The van der Waals surface area contributed by atoms with Crippen LogP contribution in [0.4, 0.5) is 0 Å². The summed E-state index contributed by atoms with van der Waals surface area (Å²) < 4.78 is 32.3. The number of rotatable bonds is 3. The Hall–Kier alpha value is -1.11. The zero-order valence-electron chi connectivity index (χ0n) is 10.2. The van der Waals surface area contributed by atoms with E-state index in [0.717, 1.165) is 12.8 Å². The van der Waals surface area contributed by atoms with Gasteiger partial charge in [-0.05, 0) is 44.0 Å². The minimum Gasteiger partial charge on any atom is -0.508 e. The van der Waals surface area contributed by atoms with Crippen molar-refractivity contribution in [2.45, 2.75) is 30.2 Å². The van der Waals surface area contributed by atoms with Gasteiger partial charge >= 0.3 is 0 Å². The lowest BCUT2D eigenvalue weighted by atomic mass is 9.97. The van der Waals surface area contributed by atoms with Gasteiger partial charge < -0.3 is 9.84 Å². The van der Waals surface area contributed by atoms with Crippen molar-refractivity contribution < 1.29 is 18.3 Å². The standard InChI is InChI=1S/C12H17NO4S/c1-12(7-2-8-17-9-12)13-18(15,16)11-5-3-10(14)4-6-11/h3-6,13-14H,2,7-9H2,1H3. The third-order valence-corrected chi connectivity index (χ3v) is 4.62. The largest absolute Gasteiger partial charge is 0.508 e. The summed E-state index contributed by atoms with van der Waals surface area (Å²) in [6.45, 7) is 2.89. The number of sulfonamides is 1. The van der Waals surface area contributed by atoms with Gasteiger partial charge in [0.2, 0.25) is 10.0 Å². The molecule has 18 heavy (non-hydrogen) atoms. The van der Waals surface area contributed by atoms with Crippen LogP contribution in [0.1, 0.15) is 19.8 Å². The van der Waals surface area contributed by atoms with Gasteiger partial charge in [0.1, 0.15) is 5.75 Å². The van der Waals surface area contributed by atoms with Crippen molar-refractivity contribution in [3.63, 3.8) is 0 Å². The van der Waals surface area contributed by atoms with Crippen LogP contribution in [-0.2, 0) is 14.8 Å². The summed E-state index contributed by atoms with van der Waals surface area (Å²) in [7, 11) is -3.58. The third kappa shape index (κ3) is 3.01. The van der Waals surface area contributed by atoms with Crippen molar-refractivity contribution in [3.05, 3.63) is 24.3 Å². The number of phenols is 1. The van der Waals surface area contributed by atoms with Crippen molar-refractivity contribution in [3.8, 4) is 5.75 Å². The van der Waals surface area contributed by atoms with Crippen LogP contribution in [0.25, 0.3) is 0 Å². The number of hydrogen-bond acceptors (Lipinski definition) is 4. The Balaban J connectivity index is 2.18. The van der Waals surface area contributed by atoms with Crippen molar-refractivity contribution >= 4 is 10.0 Å². The fourth-order valence-electron chi connectivity index (χ4n) is 2.02. The molecule has 1 heterocycles. The normalized spacial score (nSPS) is 24.9. The van der Waals surface area contributed by atoms with E-state index in [2.05, 4.69) is 4.72 Å². The van der Waals surface area contributed by atoms with E-state index in [9.17, 15) is 8.42 Å². The Labute approximate surface area is 107 Å². The molecule has 0 aromatic heterocycles. The van der Waals surface area contributed by atoms with Gasteiger partial charge in [-0.1, -0.05) is 0 Å². The summed E-state index contributed by atoms with van der Waals surface area (Å²) in [5.74, 6) is 0.0427. The average molecular weight is 271 g/mol. The molecule has 5 nitrogen and oxygen atoms in total. The van der Waals surface area contributed by atoms with Crippen LogP contribution in [0.15, 0.2) is 29.2 Å². The fourth-order valence-corrected chi connectivity index (χ4v) is 3.45. The second kappa shape index (κ2) is 4.87. The Morgan fingerprint density at radius 1 is 1.33 bits per heavy atom. The molecule has 6 heteroatoms. The third-order valence-electron chi connectivity index (χ3n) is 2.97. The molecule has 2 rings (SSSR count). The Morgan fingerprint density at radius 3 is 2.56 bits per heavy atom. The predicted molar refractivity (Wildman–Crippen MR) is 66.9 cm³/mol. The summed E-state index contributed by atoms with van der Waals surface area (Å²) in [6, 6.07) is 5.47. The molecular weight excluding hydrogens is 254 g/mol. The van der Waals surface area contributed by atoms with Crippen LogP contribution in [-0.4, -0.2) is 32.3 Å². The molecule has 2 N–H and O–H groups in total. The highest BCUT2D eigenvalue weighted by atomic mass is 32.2. The lowest BCUT2D eigenvalue weighted by Crippen LogP contribution is -2.51. The lowest BCUT2D eigenvalue weighted by Gasteiger charge is -2.33. The van der Waals surface area contributed by atoms with Crippen LogP contribution >= 0.6 is 0 Å². The molecule has 1 aliphatic heterocycles. The summed E-state index contributed by atoms with van der Waals surface area (Å²) in [4.78, 5) is 0.145. The highest BCUT2D eigenvalue weighted by molar-refractivity contribution is 7.89. The van der Waals surface area contributed by atoms with E-state index in [-0.39, 0.29) is 10.6 Å². The molecule has 1 aliphatic rings. The van der Waals surface area contributed by atoms with Gasteiger partial charge in [-0.15, -0.1) is 0 Å². The Kier molecular flexibility index (Phi) is 3.61. The molecule has 0 spiro atoms. The first-order valence-corrected chi connectivity index (χ1v) is 7.30. The van der Waals surface area contributed by atoms with Crippen molar-refractivity contribution in [1.82, 2.24) is 4.72 Å². The zero-order valence-corrected chi connectivity index (χ0v) is 11.0. The summed E-state index contributed by atoms with van der Waals surface area (Å²) in [6.07, 6.45) is 1.60. The van der Waals surface area contributed by atoms with Crippen molar-refractivity contribution in [2.75, 3.05) is 13.2 Å². The van der Waals surface area contributed by atoms with Gasteiger partial charge in [-0.3, -0.25) is 0 Å². The van der Waals surface area contributed by atoms with Gasteiger partial charge in [0.05, 0.1) is 17.0 Å². The molecular formula is C12H17NO4S. The highest BCUT2D eigenvalue weighted by Crippen LogP contribution is 2.22. The Morgan fingerprint density at radius 2 is 2.00 bits per heavy atom. The minimum atomic E-state index is -3.58. The number of benzene rings is 1. The van der Waals surface area contributed by atoms with E-state index in [4.69, 9.17) is 9.84 Å². The zero-order chi connectivity index (χ0) is 13.2. The highest BCUT2D eigenvalue weighted by Gasteiger charge is 2.32. The van der Waals surface area contributed by atoms with Crippen LogP contribution in [0.2, 0.25) is 0 Å². The first-order valence-electron chi connectivity index (χ1n) is 5.82. The van der Waals surface area contributed by atoms with Gasteiger partial charge in [0.15, 0.2) is 0 Å². The molecule has 1 saturated heterocycles. The van der Waals surface area contributed by atoms with Crippen LogP contribution in [0.5, 0.6) is 5.75 Å². The first-order chi connectivity index (χ1) is 8.41. The average Bonchev–Trinajstić information content (AvgIpc) is 2.29. The monoisotopic (exact) mass is 271 g/mol. The van der Waals surface area contributed by atoms with Gasteiger partial charge in [0, 0.05) is 6.61 Å². The number of nitrogens with one attached hydrogen (secondary N) is 1. The molecule has 0 aliphatic carbocycles. The van der Waals surface area contributed by atoms with E-state index in [0.29, 0.717) is 13.2 Å². The lowest BCUT2D eigenvalue weighted by molar-refractivity contribution is 0.0386. The van der Waals surface area contributed by atoms with Crippen LogP contribution < -0.4 is 4.72 Å². The molecule has 100 valence electrons. The van der Waals surface area contributed by atoms with Gasteiger partial charge in [-0.25, -0.2) is 13.1 Å². The smallest absolute Gasteiger partial charge is 0.241 e. The maximum absolute atomic E-state index is 12.2. The van der Waals surface area contributed by atoms with Gasteiger partial charge in [0.25, 0.3) is 0 Å². The van der Waals surface area contributed by atoms with E-state index >= 15 is 0 Å². The fraction of sp³-hybridized carbons (Fsp3) is 0.500. The topological polar surface area (TPSA) is 75.6 Å². The molecule has 0 amide bonds. The van der Waals surface area contributed by atoms with E-state index in [1.54, 1.807) is 0 Å². The summed E-state index contributed by atoms with van der Waals surface area (Å²) >= 11 is 0. The molecule has 1 unspecified atom stereocenters. The SMILES string of the molecule is CC1(NS(=O)(=O)c2ccc(O)cc2)CCCOC1.